The van der Waals surface area contributed by atoms with Crippen LogP contribution in [-0.4, -0.2) is 41.4 Å². The molecular formula is C23H32NO5SSi-. The first-order valence-electron chi connectivity index (χ1n) is 10.7. The lowest BCUT2D eigenvalue weighted by molar-refractivity contribution is -0.301. The van der Waals surface area contributed by atoms with Crippen molar-refractivity contribution in [3.63, 3.8) is 0 Å². The Morgan fingerprint density at radius 3 is 2.35 bits per heavy atom. The molecule has 0 spiro atoms. The molecule has 31 heavy (non-hydrogen) atoms. The highest BCUT2D eigenvalue weighted by Crippen LogP contribution is 2.49. The van der Waals surface area contributed by atoms with E-state index in [2.05, 4.69) is 33.9 Å². The van der Waals surface area contributed by atoms with E-state index in [0.717, 1.165) is 5.56 Å². The monoisotopic (exact) mass is 462 g/mol. The molecule has 170 valence electrons. The normalized spacial score (nSPS) is 25.8. The van der Waals surface area contributed by atoms with Crippen LogP contribution in [0.5, 0.6) is 0 Å². The van der Waals surface area contributed by atoms with Crippen molar-refractivity contribution in [3.8, 4) is 0 Å². The molecule has 8 heteroatoms. The number of carboxylic acids is 1. The largest absolute Gasteiger partial charge is 0.543 e. The summed E-state index contributed by atoms with van der Waals surface area (Å²) in [6.45, 7) is 14.4. The van der Waals surface area contributed by atoms with Crippen LogP contribution in [0, 0.1) is 11.8 Å². The third-order valence-corrected chi connectivity index (χ3v) is 13.2. The highest BCUT2D eigenvalue weighted by Gasteiger charge is 2.60. The second kappa shape index (κ2) is 8.29. The maximum Gasteiger partial charge on any atom is 0.235 e. The second-order valence-electron chi connectivity index (χ2n) is 10.1. The van der Waals surface area contributed by atoms with Gasteiger partial charge in [0.2, 0.25) is 5.91 Å². The highest BCUT2D eigenvalue weighted by molar-refractivity contribution is 7.88. The molecule has 1 aromatic rings. The molecule has 1 amide bonds. The quantitative estimate of drug-likeness (QED) is 0.459. The fourth-order valence-electron chi connectivity index (χ4n) is 4.33. The van der Waals surface area contributed by atoms with E-state index >= 15 is 0 Å². The molecule has 0 bridgehead atoms. The van der Waals surface area contributed by atoms with Gasteiger partial charge in [0.15, 0.2) is 8.32 Å². The third kappa shape index (κ3) is 4.17. The van der Waals surface area contributed by atoms with E-state index in [4.69, 9.17) is 4.43 Å². The number of rotatable bonds is 7. The number of benzene rings is 1. The summed E-state index contributed by atoms with van der Waals surface area (Å²) >= 11 is 0. The predicted octanol–water partition coefficient (Wildman–Crippen LogP) is 2.78. The topological polar surface area (TPSA) is 86.7 Å². The molecule has 1 fully saturated rings. The number of amides is 1. The Labute approximate surface area is 188 Å². The first-order valence-corrected chi connectivity index (χ1v) is 14.9. The minimum absolute atomic E-state index is 0.00817. The lowest BCUT2D eigenvalue weighted by atomic mass is 9.79. The maximum absolute atomic E-state index is 13.2. The van der Waals surface area contributed by atoms with Crippen LogP contribution in [0.3, 0.4) is 0 Å². The van der Waals surface area contributed by atoms with Crippen molar-refractivity contribution in [1.82, 2.24) is 4.90 Å². The van der Waals surface area contributed by atoms with E-state index in [1.807, 2.05) is 44.2 Å². The highest BCUT2D eigenvalue weighted by atomic mass is 32.2. The summed E-state index contributed by atoms with van der Waals surface area (Å²) in [6, 6.07) is 8.92. The maximum atomic E-state index is 13.2. The zero-order valence-corrected chi connectivity index (χ0v) is 21.1. The molecule has 6 nitrogen and oxygen atoms in total. The molecule has 2 aliphatic heterocycles. The predicted molar refractivity (Wildman–Crippen MR) is 121 cm³/mol. The van der Waals surface area contributed by atoms with Crippen LogP contribution in [-0.2, 0) is 30.6 Å². The number of carbonyl (C=O) groups is 2. The van der Waals surface area contributed by atoms with Crippen molar-refractivity contribution < 1.29 is 23.3 Å². The fraction of sp³-hybridized carbons (Fsp3) is 0.565. The van der Waals surface area contributed by atoms with Crippen molar-refractivity contribution in [2.45, 2.75) is 70.6 Å². The molecule has 0 saturated carbocycles. The minimum Gasteiger partial charge on any atom is -0.543 e. The van der Waals surface area contributed by atoms with Crippen molar-refractivity contribution in [1.29, 1.82) is 0 Å². The Morgan fingerprint density at radius 2 is 1.84 bits per heavy atom. The number of carboxylic acid groups (broad SMARTS) is 1. The molecule has 2 aliphatic rings. The van der Waals surface area contributed by atoms with E-state index < -0.39 is 31.0 Å². The summed E-state index contributed by atoms with van der Waals surface area (Å²) in [5, 5.41) is 12.0. The van der Waals surface area contributed by atoms with Crippen molar-refractivity contribution in [2.24, 2.45) is 11.8 Å². The van der Waals surface area contributed by atoms with E-state index in [0.29, 0.717) is 4.91 Å². The van der Waals surface area contributed by atoms with Crippen molar-refractivity contribution >= 4 is 31.0 Å². The van der Waals surface area contributed by atoms with Crippen LogP contribution < -0.4 is 5.11 Å². The van der Waals surface area contributed by atoms with Gasteiger partial charge in [-0.2, -0.15) is 0 Å². The number of fused-ring (bicyclic) bond motifs is 1. The van der Waals surface area contributed by atoms with Gasteiger partial charge in [0.25, 0.3) is 0 Å². The summed E-state index contributed by atoms with van der Waals surface area (Å²) in [4.78, 5) is 26.6. The molecule has 2 heterocycles. The average molecular weight is 463 g/mol. The number of β-lactam (4-membered cyclic amide) rings is 1. The van der Waals surface area contributed by atoms with E-state index in [-0.39, 0.29) is 40.5 Å². The summed E-state index contributed by atoms with van der Waals surface area (Å²) in [5.41, 5.74) is 0.637. The minimum atomic E-state index is -2.11. The van der Waals surface area contributed by atoms with Gasteiger partial charge in [-0.1, -0.05) is 58.0 Å². The van der Waals surface area contributed by atoms with Crippen LogP contribution in [0.1, 0.15) is 40.2 Å². The molecule has 0 N–H and O–H groups in total. The van der Waals surface area contributed by atoms with Gasteiger partial charge in [0.05, 0.1) is 46.3 Å². The van der Waals surface area contributed by atoms with Gasteiger partial charge in [-0.15, -0.1) is 0 Å². The number of nitrogens with zero attached hydrogens (tertiary/aromatic N) is 1. The van der Waals surface area contributed by atoms with Gasteiger partial charge in [0, 0.05) is 10.8 Å². The molecule has 1 saturated heterocycles. The number of carbonyl (C=O) groups excluding carboxylic acids is 2. The zero-order valence-electron chi connectivity index (χ0n) is 19.3. The van der Waals surface area contributed by atoms with Crippen molar-refractivity contribution in [3.05, 3.63) is 46.5 Å². The molecular weight excluding hydrogens is 430 g/mol. The summed E-state index contributed by atoms with van der Waals surface area (Å²) in [5.74, 6) is -2.33. The van der Waals surface area contributed by atoms with Crippen LogP contribution in [0.15, 0.2) is 40.9 Å². The first-order chi connectivity index (χ1) is 14.3. The second-order valence-corrected chi connectivity index (χ2v) is 16.2. The number of hydrogen-bond donors (Lipinski definition) is 0. The molecule has 1 aromatic carbocycles. The van der Waals surface area contributed by atoms with Crippen LogP contribution in [0.4, 0.5) is 0 Å². The Bertz CT molecular complexity index is 937. The van der Waals surface area contributed by atoms with Gasteiger partial charge in [-0.3, -0.25) is 9.00 Å². The Hall–Kier alpha value is -1.77. The van der Waals surface area contributed by atoms with Crippen molar-refractivity contribution in [2.75, 3.05) is 0 Å². The lowest BCUT2D eigenvalue weighted by Gasteiger charge is -2.50. The smallest absolute Gasteiger partial charge is 0.235 e. The van der Waals surface area contributed by atoms with Gasteiger partial charge in [-0.25, -0.2) is 0 Å². The Morgan fingerprint density at radius 1 is 1.26 bits per heavy atom. The molecule has 3 rings (SSSR count). The third-order valence-electron chi connectivity index (χ3n) is 6.96. The van der Waals surface area contributed by atoms with Gasteiger partial charge in [-0.05, 0) is 30.6 Å². The summed E-state index contributed by atoms with van der Waals surface area (Å²) in [6.07, 6.45) is -0.345. The fourth-order valence-corrected chi connectivity index (χ4v) is 7.36. The van der Waals surface area contributed by atoms with Gasteiger partial charge < -0.3 is 19.2 Å². The van der Waals surface area contributed by atoms with Gasteiger partial charge in [0.1, 0.15) is 0 Å². The Balaban J connectivity index is 1.87. The standard InChI is InChI=1S/C23H33NO5SSi/c1-14-18-17(15(2)29-31(6,7)23(3,4)5)21(25)24(18)19(22(26)27)20(14)30(28)13-16-11-9-8-10-12-16/h8-12,14-15,17-18H,13H2,1-7H3,(H,26,27)/p-1/t14-,15-,17-,18-,30?/m1/s1. The summed E-state index contributed by atoms with van der Waals surface area (Å²) in [7, 11) is -3.68. The first kappa shape index (κ1) is 23.9. The average Bonchev–Trinajstić information content (AvgIpc) is 2.90. The van der Waals surface area contributed by atoms with Crippen LogP contribution in [0.2, 0.25) is 18.1 Å². The van der Waals surface area contributed by atoms with Crippen LogP contribution >= 0.6 is 0 Å². The van der Waals surface area contributed by atoms with E-state index in [9.17, 15) is 18.9 Å². The molecule has 5 atom stereocenters. The molecule has 0 radical (unpaired) electrons. The lowest BCUT2D eigenvalue weighted by Crippen LogP contribution is -2.65. The molecule has 0 aromatic heterocycles. The zero-order chi connectivity index (χ0) is 23.3. The molecule has 1 unspecified atom stereocenters. The van der Waals surface area contributed by atoms with E-state index in [1.165, 1.54) is 4.90 Å². The van der Waals surface area contributed by atoms with Crippen LogP contribution in [0.25, 0.3) is 0 Å². The van der Waals surface area contributed by atoms with E-state index in [1.54, 1.807) is 0 Å². The molecule has 0 aliphatic carbocycles. The SMILES string of the molecule is C[C@@H](O[Si](C)(C)C(C)(C)C)[C@H]1C(=O)N2C(C(=O)[O-])=C(S(=O)Cc3ccccc3)[C@H](C)[C@H]12. The summed E-state index contributed by atoms with van der Waals surface area (Å²) < 4.78 is 19.7. The number of aliphatic carboxylic acids is 1. The number of hydrogen-bond acceptors (Lipinski definition) is 5. The Kier molecular flexibility index (Phi) is 6.39. The van der Waals surface area contributed by atoms with Gasteiger partial charge >= 0.3 is 0 Å².